The Labute approximate surface area is 114 Å². The zero-order valence-corrected chi connectivity index (χ0v) is 12.6. The minimum Gasteiger partial charge on any atom is -0.398 e. The third-order valence-electron chi connectivity index (χ3n) is 2.73. The summed E-state index contributed by atoms with van der Waals surface area (Å²) < 4.78 is 27.4. The van der Waals surface area contributed by atoms with E-state index in [1.165, 1.54) is 6.07 Å². The average molecular weight is 290 g/mol. The number of nitrogen functional groups attached to an aromatic ring is 1. The van der Waals surface area contributed by atoms with Crippen LogP contribution in [0.3, 0.4) is 0 Å². The quantitative estimate of drug-likeness (QED) is 0.773. The molecule has 0 fully saturated rings. The third kappa shape index (κ3) is 4.59. The molecule has 1 rings (SSSR count). The van der Waals surface area contributed by atoms with Gasteiger partial charge < -0.3 is 5.73 Å². The van der Waals surface area contributed by atoms with E-state index in [-0.39, 0.29) is 6.04 Å². The van der Waals surface area contributed by atoms with Crippen LogP contribution in [0.1, 0.15) is 46.0 Å². The van der Waals surface area contributed by atoms with E-state index in [9.17, 15) is 8.42 Å². The Morgan fingerprint density at radius 3 is 2.56 bits per heavy atom. The molecule has 3 N–H and O–H groups in total. The van der Waals surface area contributed by atoms with Crippen molar-refractivity contribution < 1.29 is 8.42 Å². The highest BCUT2D eigenvalue weighted by Crippen LogP contribution is 2.22. The van der Waals surface area contributed by atoms with Gasteiger partial charge in [-0.1, -0.05) is 33.1 Å². The van der Waals surface area contributed by atoms with Crippen molar-refractivity contribution in [1.82, 2.24) is 4.72 Å². The zero-order valence-electron chi connectivity index (χ0n) is 11.0. The summed E-state index contributed by atoms with van der Waals surface area (Å²) in [5.74, 6) is 0. The summed E-state index contributed by atoms with van der Waals surface area (Å²) in [6, 6.07) is 1.54. The van der Waals surface area contributed by atoms with Gasteiger partial charge >= 0.3 is 0 Å². The summed E-state index contributed by atoms with van der Waals surface area (Å²) >= 11 is 1.16. The van der Waals surface area contributed by atoms with Gasteiger partial charge in [0, 0.05) is 17.1 Å². The van der Waals surface area contributed by atoms with E-state index >= 15 is 0 Å². The van der Waals surface area contributed by atoms with Gasteiger partial charge in [0.25, 0.3) is 0 Å². The molecule has 0 aliphatic carbocycles. The molecule has 1 aromatic rings. The number of nitrogens with two attached hydrogens (primary N) is 1. The lowest BCUT2D eigenvalue weighted by Crippen LogP contribution is -2.34. The van der Waals surface area contributed by atoms with Gasteiger partial charge in [0.05, 0.1) is 0 Å². The number of rotatable bonds is 8. The topological polar surface area (TPSA) is 72.2 Å². The molecule has 1 heterocycles. The van der Waals surface area contributed by atoms with E-state index in [0.717, 1.165) is 43.4 Å². The lowest BCUT2D eigenvalue weighted by atomic mass is 10.1. The van der Waals surface area contributed by atoms with Crippen molar-refractivity contribution in [3.05, 3.63) is 11.4 Å². The molecule has 0 aliphatic heterocycles. The van der Waals surface area contributed by atoms with Gasteiger partial charge in [0.1, 0.15) is 4.21 Å². The molecule has 0 aromatic carbocycles. The second-order valence-electron chi connectivity index (χ2n) is 4.45. The standard InChI is InChI=1S/C12H22N2O2S2/c1-3-5-7-11(6-4-2)14-18(15,16)12-8-10(13)9-17-12/h8-9,11,14H,3-7,13H2,1-2H3. The summed E-state index contributed by atoms with van der Waals surface area (Å²) in [7, 11) is -3.40. The lowest BCUT2D eigenvalue weighted by molar-refractivity contribution is 0.484. The van der Waals surface area contributed by atoms with E-state index in [1.54, 1.807) is 5.38 Å². The van der Waals surface area contributed by atoms with Crippen molar-refractivity contribution in [3.63, 3.8) is 0 Å². The van der Waals surface area contributed by atoms with E-state index < -0.39 is 10.0 Å². The average Bonchev–Trinajstić information content (AvgIpc) is 2.73. The molecule has 1 aromatic heterocycles. The molecule has 0 saturated heterocycles. The molecular formula is C12H22N2O2S2. The van der Waals surface area contributed by atoms with Crippen LogP contribution in [0, 0.1) is 0 Å². The Balaban J connectivity index is 2.72. The van der Waals surface area contributed by atoms with Gasteiger partial charge in [-0.3, -0.25) is 0 Å². The maximum absolute atomic E-state index is 12.1. The second-order valence-corrected chi connectivity index (χ2v) is 7.30. The Bertz CT molecular complexity index is 454. The Kier molecular flexibility index (Phi) is 6.11. The van der Waals surface area contributed by atoms with Gasteiger partial charge in [-0.25, -0.2) is 13.1 Å². The molecule has 0 amide bonds. The predicted molar refractivity (Wildman–Crippen MR) is 77.3 cm³/mol. The van der Waals surface area contributed by atoms with Crippen LogP contribution < -0.4 is 10.5 Å². The molecular weight excluding hydrogens is 268 g/mol. The second kappa shape index (κ2) is 7.11. The molecule has 104 valence electrons. The molecule has 0 saturated carbocycles. The normalized spacial score (nSPS) is 13.7. The number of nitrogens with one attached hydrogen (secondary N) is 1. The first kappa shape index (κ1) is 15.5. The van der Waals surface area contributed by atoms with Crippen molar-refractivity contribution >= 4 is 27.0 Å². The molecule has 0 radical (unpaired) electrons. The zero-order chi connectivity index (χ0) is 13.6. The molecule has 0 bridgehead atoms. The highest BCUT2D eigenvalue weighted by Gasteiger charge is 2.20. The predicted octanol–water partition coefficient (Wildman–Crippen LogP) is 2.97. The Morgan fingerprint density at radius 2 is 2.06 bits per heavy atom. The number of thiophene rings is 1. The molecule has 4 nitrogen and oxygen atoms in total. The van der Waals surface area contributed by atoms with Gasteiger partial charge in [-0.05, 0) is 18.9 Å². The molecule has 0 aliphatic rings. The maximum atomic E-state index is 12.1. The molecule has 1 atom stereocenters. The minimum absolute atomic E-state index is 0.0308. The van der Waals surface area contributed by atoms with E-state index in [4.69, 9.17) is 5.73 Å². The monoisotopic (exact) mass is 290 g/mol. The Morgan fingerprint density at radius 1 is 1.33 bits per heavy atom. The number of hydrogen-bond donors (Lipinski definition) is 2. The van der Waals surface area contributed by atoms with Crippen LogP contribution in [-0.2, 0) is 10.0 Å². The number of unbranched alkanes of at least 4 members (excludes halogenated alkanes) is 1. The van der Waals surface area contributed by atoms with Crippen LogP contribution in [0.4, 0.5) is 5.69 Å². The highest BCUT2D eigenvalue weighted by atomic mass is 32.2. The van der Waals surface area contributed by atoms with E-state index in [1.807, 2.05) is 0 Å². The van der Waals surface area contributed by atoms with Crippen LogP contribution in [0.25, 0.3) is 0 Å². The highest BCUT2D eigenvalue weighted by molar-refractivity contribution is 7.91. The molecule has 1 unspecified atom stereocenters. The summed E-state index contributed by atoms with van der Waals surface area (Å²) in [6.07, 6.45) is 4.86. The van der Waals surface area contributed by atoms with Crippen LogP contribution in [0.2, 0.25) is 0 Å². The smallest absolute Gasteiger partial charge is 0.250 e. The van der Waals surface area contributed by atoms with Gasteiger partial charge in [0.15, 0.2) is 0 Å². The van der Waals surface area contributed by atoms with Gasteiger partial charge in [-0.2, -0.15) is 0 Å². The fraction of sp³-hybridized carbons (Fsp3) is 0.667. The maximum Gasteiger partial charge on any atom is 0.250 e. The summed E-state index contributed by atoms with van der Waals surface area (Å²) in [4.78, 5) is 0. The molecule has 18 heavy (non-hydrogen) atoms. The summed E-state index contributed by atoms with van der Waals surface area (Å²) in [5, 5.41) is 1.65. The largest absolute Gasteiger partial charge is 0.398 e. The molecule has 0 spiro atoms. The number of anilines is 1. The summed E-state index contributed by atoms with van der Waals surface area (Å²) in [6.45, 7) is 4.17. The minimum atomic E-state index is -3.40. The van der Waals surface area contributed by atoms with Gasteiger partial charge in [0.2, 0.25) is 10.0 Å². The first-order chi connectivity index (χ1) is 8.49. The Hall–Kier alpha value is -0.590. The first-order valence-electron chi connectivity index (χ1n) is 6.36. The van der Waals surface area contributed by atoms with Crippen molar-refractivity contribution in [2.24, 2.45) is 0 Å². The molecule has 6 heteroatoms. The van der Waals surface area contributed by atoms with Crippen LogP contribution in [0.15, 0.2) is 15.7 Å². The van der Waals surface area contributed by atoms with Crippen LogP contribution in [-0.4, -0.2) is 14.5 Å². The van der Waals surface area contributed by atoms with Crippen molar-refractivity contribution in [1.29, 1.82) is 0 Å². The number of hydrogen-bond acceptors (Lipinski definition) is 4. The van der Waals surface area contributed by atoms with E-state index in [0.29, 0.717) is 9.90 Å². The van der Waals surface area contributed by atoms with Gasteiger partial charge in [-0.15, -0.1) is 11.3 Å². The van der Waals surface area contributed by atoms with E-state index in [2.05, 4.69) is 18.6 Å². The van der Waals surface area contributed by atoms with Crippen molar-refractivity contribution in [2.45, 2.75) is 56.2 Å². The lowest BCUT2D eigenvalue weighted by Gasteiger charge is -2.17. The third-order valence-corrected chi connectivity index (χ3v) is 5.70. The number of sulfonamides is 1. The van der Waals surface area contributed by atoms with Crippen molar-refractivity contribution in [3.8, 4) is 0 Å². The SMILES string of the molecule is CCCCC(CCC)NS(=O)(=O)c1cc(N)cs1. The summed E-state index contributed by atoms with van der Waals surface area (Å²) in [5.41, 5.74) is 6.06. The fourth-order valence-corrected chi connectivity index (χ4v) is 4.21. The van der Waals surface area contributed by atoms with Crippen molar-refractivity contribution in [2.75, 3.05) is 5.73 Å². The van der Waals surface area contributed by atoms with Crippen LogP contribution >= 0.6 is 11.3 Å². The fourth-order valence-electron chi connectivity index (χ4n) is 1.81. The first-order valence-corrected chi connectivity index (χ1v) is 8.72. The van der Waals surface area contributed by atoms with Crippen LogP contribution in [0.5, 0.6) is 0 Å².